The van der Waals surface area contributed by atoms with Gasteiger partial charge in [-0.05, 0) is 42.0 Å². The lowest BCUT2D eigenvalue weighted by atomic mass is 9.85. The smallest absolute Gasteiger partial charge is 0.225 e. The summed E-state index contributed by atoms with van der Waals surface area (Å²) in [5.74, 6) is 0.0385. The monoisotopic (exact) mass is 194 g/mol. The maximum Gasteiger partial charge on any atom is 0.225 e. The largest absolute Gasteiger partial charge is 0.281 e. The molecule has 0 saturated heterocycles. The molecule has 1 aliphatic rings. The lowest BCUT2D eigenvalue weighted by Gasteiger charge is -2.21. The molecule has 1 nitrogen and oxygen atoms in total. The van der Waals surface area contributed by atoms with Crippen molar-refractivity contribution in [1.82, 2.24) is 0 Å². The molecule has 0 aromatic heterocycles. The van der Waals surface area contributed by atoms with Crippen LogP contribution in [-0.2, 0) is 17.6 Å². The van der Waals surface area contributed by atoms with E-state index in [9.17, 15) is 4.79 Å². The van der Waals surface area contributed by atoms with Gasteiger partial charge < -0.3 is 0 Å². The number of halogens is 1. The summed E-state index contributed by atoms with van der Waals surface area (Å²) in [7, 11) is 0. The summed E-state index contributed by atoms with van der Waals surface area (Å²) in [6, 6.07) is 8.27. The van der Waals surface area contributed by atoms with Crippen molar-refractivity contribution in [3.05, 3.63) is 35.4 Å². The predicted molar refractivity (Wildman–Crippen MR) is 52.8 cm³/mol. The van der Waals surface area contributed by atoms with Crippen molar-refractivity contribution < 1.29 is 4.79 Å². The van der Waals surface area contributed by atoms with E-state index in [0.29, 0.717) is 0 Å². The second kappa shape index (κ2) is 3.51. The van der Waals surface area contributed by atoms with E-state index in [1.165, 1.54) is 11.1 Å². The summed E-state index contributed by atoms with van der Waals surface area (Å²) in [5, 5.41) is -0.186. The second-order valence-electron chi connectivity index (χ2n) is 3.51. The first-order chi connectivity index (χ1) is 6.27. The van der Waals surface area contributed by atoms with Crippen LogP contribution >= 0.6 is 11.6 Å². The fourth-order valence-corrected chi connectivity index (χ4v) is 2.08. The highest BCUT2D eigenvalue weighted by atomic mass is 35.5. The van der Waals surface area contributed by atoms with Crippen LogP contribution in [0.5, 0.6) is 0 Å². The summed E-state index contributed by atoms with van der Waals surface area (Å²) in [6.07, 6.45) is 2.71. The van der Waals surface area contributed by atoms with Crippen LogP contribution < -0.4 is 0 Å². The molecule has 1 aromatic rings. The van der Waals surface area contributed by atoms with Gasteiger partial charge in [-0.15, -0.1) is 0 Å². The summed E-state index contributed by atoms with van der Waals surface area (Å²) < 4.78 is 0. The number of benzene rings is 1. The Morgan fingerprint density at radius 1 is 1.31 bits per heavy atom. The number of fused-ring (bicyclic) bond motifs is 1. The summed E-state index contributed by atoms with van der Waals surface area (Å²) >= 11 is 5.48. The van der Waals surface area contributed by atoms with Crippen LogP contribution in [-0.4, -0.2) is 5.24 Å². The van der Waals surface area contributed by atoms with Crippen molar-refractivity contribution in [1.29, 1.82) is 0 Å². The molecule has 13 heavy (non-hydrogen) atoms. The number of hydrogen-bond donors (Lipinski definition) is 0. The fourth-order valence-electron chi connectivity index (χ4n) is 1.89. The van der Waals surface area contributed by atoms with Crippen molar-refractivity contribution in [3.63, 3.8) is 0 Å². The Balaban J connectivity index is 2.24. The third-order valence-electron chi connectivity index (χ3n) is 2.67. The minimum absolute atomic E-state index is 0.0385. The normalized spacial score (nSPS) is 20.8. The van der Waals surface area contributed by atoms with E-state index >= 15 is 0 Å². The highest BCUT2D eigenvalue weighted by Crippen LogP contribution is 2.26. The zero-order valence-electron chi connectivity index (χ0n) is 7.29. The van der Waals surface area contributed by atoms with Gasteiger partial charge >= 0.3 is 0 Å². The molecule has 0 amide bonds. The molecule has 1 atom stereocenters. The molecule has 1 aromatic carbocycles. The van der Waals surface area contributed by atoms with Crippen LogP contribution in [0.2, 0.25) is 0 Å². The van der Waals surface area contributed by atoms with Gasteiger partial charge in [0.1, 0.15) is 0 Å². The molecule has 0 heterocycles. The van der Waals surface area contributed by atoms with Gasteiger partial charge in [0.05, 0.1) is 0 Å². The van der Waals surface area contributed by atoms with E-state index in [1.807, 2.05) is 12.1 Å². The molecular formula is C11H11ClO. The molecule has 68 valence electrons. The van der Waals surface area contributed by atoms with E-state index in [4.69, 9.17) is 11.6 Å². The van der Waals surface area contributed by atoms with Crippen molar-refractivity contribution in [2.45, 2.75) is 19.3 Å². The van der Waals surface area contributed by atoms with Crippen molar-refractivity contribution in [3.8, 4) is 0 Å². The van der Waals surface area contributed by atoms with Crippen LogP contribution in [0.1, 0.15) is 17.5 Å². The van der Waals surface area contributed by atoms with Crippen LogP contribution in [0, 0.1) is 5.92 Å². The van der Waals surface area contributed by atoms with Gasteiger partial charge in [-0.2, -0.15) is 0 Å². The van der Waals surface area contributed by atoms with Gasteiger partial charge in [-0.1, -0.05) is 24.3 Å². The third-order valence-corrected chi connectivity index (χ3v) is 2.98. The number of carbonyl (C=O) groups excluding carboxylic acids is 1. The molecule has 0 fully saturated rings. The van der Waals surface area contributed by atoms with Gasteiger partial charge in [0.2, 0.25) is 5.24 Å². The molecule has 0 bridgehead atoms. The summed E-state index contributed by atoms with van der Waals surface area (Å²) in [4.78, 5) is 11.0. The Kier molecular flexibility index (Phi) is 2.36. The molecule has 2 rings (SSSR count). The van der Waals surface area contributed by atoms with Crippen molar-refractivity contribution in [2.24, 2.45) is 5.92 Å². The molecule has 0 saturated carbocycles. The molecule has 0 N–H and O–H groups in total. The summed E-state index contributed by atoms with van der Waals surface area (Å²) in [6.45, 7) is 0. The molecule has 0 radical (unpaired) electrons. The quantitative estimate of drug-likeness (QED) is 0.628. The highest BCUT2D eigenvalue weighted by Gasteiger charge is 2.22. The Morgan fingerprint density at radius 3 is 2.69 bits per heavy atom. The third kappa shape index (κ3) is 1.75. The number of rotatable bonds is 1. The minimum Gasteiger partial charge on any atom is -0.281 e. The molecule has 0 aliphatic heterocycles. The highest BCUT2D eigenvalue weighted by molar-refractivity contribution is 6.64. The van der Waals surface area contributed by atoms with Gasteiger partial charge in [-0.3, -0.25) is 4.79 Å². The second-order valence-corrected chi connectivity index (χ2v) is 3.89. The number of aryl methyl sites for hydroxylation is 1. The average molecular weight is 195 g/mol. The van der Waals surface area contributed by atoms with Crippen LogP contribution in [0.25, 0.3) is 0 Å². The molecule has 0 unspecified atom stereocenters. The van der Waals surface area contributed by atoms with Crippen molar-refractivity contribution in [2.75, 3.05) is 0 Å². The summed E-state index contributed by atoms with van der Waals surface area (Å²) in [5.41, 5.74) is 2.66. The minimum atomic E-state index is -0.186. The first kappa shape index (κ1) is 8.76. The molecule has 0 spiro atoms. The maximum atomic E-state index is 11.0. The lowest BCUT2D eigenvalue weighted by Crippen LogP contribution is -2.18. The van der Waals surface area contributed by atoms with Crippen LogP contribution in [0.4, 0.5) is 0 Å². The fraction of sp³-hybridized carbons (Fsp3) is 0.364. The lowest BCUT2D eigenvalue weighted by molar-refractivity contribution is -0.115. The van der Waals surface area contributed by atoms with E-state index in [1.54, 1.807) is 0 Å². The zero-order chi connectivity index (χ0) is 9.26. The topological polar surface area (TPSA) is 17.1 Å². The Labute approximate surface area is 82.7 Å². The molecule has 2 heteroatoms. The molecular weight excluding hydrogens is 184 g/mol. The standard InChI is InChI=1S/C11H11ClO/c12-11(13)10-6-5-8-3-1-2-4-9(8)7-10/h1-4,10H,5-7H2/t10-/m1/s1. The first-order valence-corrected chi connectivity index (χ1v) is 4.91. The van der Waals surface area contributed by atoms with Gasteiger partial charge in [0, 0.05) is 5.92 Å². The Hall–Kier alpha value is -0.820. The van der Waals surface area contributed by atoms with Crippen LogP contribution in [0.15, 0.2) is 24.3 Å². The van der Waals surface area contributed by atoms with Gasteiger partial charge in [-0.25, -0.2) is 0 Å². The predicted octanol–water partition coefficient (Wildman–Crippen LogP) is 2.56. The van der Waals surface area contributed by atoms with Gasteiger partial charge in [0.15, 0.2) is 0 Å². The molecule has 1 aliphatic carbocycles. The van der Waals surface area contributed by atoms with E-state index in [0.717, 1.165) is 19.3 Å². The number of carbonyl (C=O) groups is 1. The first-order valence-electron chi connectivity index (χ1n) is 4.53. The average Bonchev–Trinajstić information content (AvgIpc) is 2.17. The SMILES string of the molecule is O=C(Cl)[C@@H]1CCc2ccccc2C1. The van der Waals surface area contributed by atoms with E-state index < -0.39 is 0 Å². The van der Waals surface area contributed by atoms with Crippen LogP contribution in [0.3, 0.4) is 0 Å². The zero-order valence-corrected chi connectivity index (χ0v) is 8.05. The maximum absolute atomic E-state index is 11.0. The van der Waals surface area contributed by atoms with Gasteiger partial charge in [0.25, 0.3) is 0 Å². The Bertz CT molecular complexity index is 333. The van der Waals surface area contributed by atoms with E-state index in [-0.39, 0.29) is 11.2 Å². The Morgan fingerprint density at radius 2 is 2.00 bits per heavy atom. The van der Waals surface area contributed by atoms with Crippen molar-refractivity contribution >= 4 is 16.8 Å². The van der Waals surface area contributed by atoms with E-state index in [2.05, 4.69) is 12.1 Å². The number of hydrogen-bond acceptors (Lipinski definition) is 1.